The summed E-state index contributed by atoms with van der Waals surface area (Å²) in [5.41, 5.74) is 0.284. The normalized spacial score (nSPS) is 49.4. The summed E-state index contributed by atoms with van der Waals surface area (Å²) in [5.74, 6) is 0.277. The molecule has 2 bridgehead atoms. The van der Waals surface area contributed by atoms with Gasteiger partial charge < -0.3 is 10.6 Å². The molecule has 4 aliphatic rings. The Morgan fingerprint density at radius 1 is 1.18 bits per heavy atom. The predicted octanol–water partition coefficient (Wildman–Crippen LogP) is 0.234. The van der Waals surface area contributed by atoms with E-state index < -0.39 is 0 Å². The average Bonchev–Trinajstić information content (AvgIpc) is 2.93. The van der Waals surface area contributed by atoms with Gasteiger partial charge in [-0.15, -0.1) is 0 Å². The Bertz CT molecular complexity index is 345. The van der Waals surface area contributed by atoms with Gasteiger partial charge in [0, 0.05) is 24.2 Å². The lowest BCUT2D eigenvalue weighted by molar-refractivity contribution is -0.134. The van der Waals surface area contributed by atoms with Gasteiger partial charge in [0.05, 0.1) is 6.04 Å². The second kappa shape index (κ2) is 3.45. The molecule has 1 spiro atoms. The topological polar surface area (TPSA) is 44.4 Å². The van der Waals surface area contributed by atoms with Crippen LogP contribution in [0.5, 0.6) is 0 Å². The number of hydrogen-bond acceptors (Lipinski definition) is 3. The van der Waals surface area contributed by atoms with Crippen molar-refractivity contribution in [2.24, 2.45) is 0 Å². The largest absolute Gasteiger partial charge is 0.353 e. The average molecular weight is 235 g/mol. The van der Waals surface area contributed by atoms with Crippen molar-refractivity contribution >= 4 is 5.91 Å². The Morgan fingerprint density at radius 2 is 1.94 bits per heavy atom. The number of nitrogens with zero attached hydrogens (tertiary/aromatic N) is 1. The number of piperazine rings is 1. The van der Waals surface area contributed by atoms with Crippen LogP contribution in [0.1, 0.15) is 38.5 Å². The first-order valence-electron chi connectivity index (χ1n) is 7.07. The molecule has 4 aliphatic heterocycles. The van der Waals surface area contributed by atoms with Gasteiger partial charge in [-0.3, -0.25) is 9.69 Å². The van der Waals surface area contributed by atoms with Gasteiger partial charge in [0.15, 0.2) is 0 Å². The molecule has 0 radical (unpaired) electrons. The van der Waals surface area contributed by atoms with E-state index in [9.17, 15) is 4.79 Å². The standard InChI is InChI=1S/C13H21N3O/c17-12-11-2-1-5-16(11)13(8-14-12)6-9-3-4-10(7-13)15-9/h9-11,15H,1-8H2,(H,14,17)/t9?,10?,11-,13?/m0/s1. The lowest BCUT2D eigenvalue weighted by Crippen LogP contribution is -2.69. The van der Waals surface area contributed by atoms with Crippen LogP contribution in [0, 0.1) is 0 Å². The molecule has 2 unspecified atom stereocenters. The van der Waals surface area contributed by atoms with Crippen LogP contribution < -0.4 is 10.6 Å². The molecule has 0 aromatic heterocycles. The third kappa shape index (κ3) is 1.40. The Morgan fingerprint density at radius 3 is 2.71 bits per heavy atom. The lowest BCUT2D eigenvalue weighted by atomic mass is 9.80. The Kier molecular flexibility index (Phi) is 2.10. The number of fused-ring (bicyclic) bond motifs is 4. The van der Waals surface area contributed by atoms with Gasteiger partial charge >= 0.3 is 0 Å². The second-order valence-electron chi connectivity index (χ2n) is 6.34. The quantitative estimate of drug-likeness (QED) is 0.632. The van der Waals surface area contributed by atoms with Crippen LogP contribution in [0.3, 0.4) is 0 Å². The van der Waals surface area contributed by atoms with E-state index in [-0.39, 0.29) is 17.5 Å². The van der Waals surface area contributed by atoms with Crippen LogP contribution in [-0.2, 0) is 4.79 Å². The molecule has 4 rings (SSSR count). The monoisotopic (exact) mass is 235 g/mol. The first kappa shape index (κ1) is 10.3. The molecule has 17 heavy (non-hydrogen) atoms. The van der Waals surface area contributed by atoms with Crippen LogP contribution in [0.15, 0.2) is 0 Å². The number of carbonyl (C=O) groups is 1. The minimum Gasteiger partial charge on any atom is -0.353 e. The molecular formula is C13H21N3O. The maximum atomic E-state index is 11.9. The highest BCUT2D eigenvalue weighted by Gasteiger charge is 2.53. The molecule has 2 N–H and O–H groups in total. The third-order valence-electron chi connectivity index (χ3n) is 5.34. The van der Waals surface area contributed by atoms with E-state index in [2.05, 4.69) is 15.5 Å². The predicted molar refractivity (Wildman–Crippen MR) is 64.6 cm³/mol. The molecule has 1 amide bonds. The summed E-state index contributed by atoms with van der Waals surface area (Å²) < 4.78 is 0. The van der Waals surface area contributed by atoms with E-state index in [1.54, 1.807) is 0 Å². The Labute approximate surface area is 102 Å². The maximum absolute atomic E-state index is 11.9. The van der Waals surface area contributed by atoms with Gasteiger partial charge in [-0.05, 0) is 45.1 Å². The number of amides is 1. The summed E-state index contributed by atoms with van der Waals surface area (Å²) in [6.45, 7) is 2.02. The van der Waals surface area contributed by atoms with Crippen molar-refractivity contribution < 1.29 is 4.79 Å². The summed E-state index contributed by atoms with van der Waals surface area (Å²) in [7, 11) is 0. The van der Waals surface area contributed by atoms with Gasteiger partial charge in [0.2, 0.25) is 5.91 Å². The van der Waals surface area contributed by atoms with Crippen molar-refractivity contribution in [1.29, 1.82) is 0 Å². The molecule has 0 aliphatic carbocycles. The number of nitrogens with one attached hydrogen (secondary N) is 2. The Balaban J connectivity index is 1.66. The molecule has 0 aromatic rings. The minimum absolute atomic E-state index is 0.182. The van der Waals surface area contributed by atoms with Gasteiger partial charge in [-0.25, -0.2) is 0 Å². The highest BCUT2D eigenvalue weighted by Crippen LogP contribution is 2.42. The van der Waals surface area contributed by atoms with E-state index in [4.69, 9.17) is 0 Å². The second-order valence-corrected chi connectivity index (χ2v) is 6.34. The number of hydrogen-bond donors (Lipinski definition) is 2. The highest BCUT2D eigenvalue weighted by molar-refractivity contribution is 5.83. The summed E-state index contributed by atoms with van der Waals surface area (Å²) in [5, 5.41) is 6.89. The maximum Gasteiger partial charge on any atom is 0.237 e. The number of rotatable bonds is 0. The molecule has 0 saturated carbocycles. The smallest absolute Gasteiger partial charge is 0.237 e. The fraction of sp³-hybridized carbons (Fsp3) is 0.923. The highest BCUT2D eigenvalue weighted by atomic mass is 16.2. The van der Waals surface area contributed by atoms with Crippen LogP contribution in [0.2, 0.25) is 0 Å². The number of piperidine rings is 1. The van der Waals surface area contributed by atoms with Crippen LogP contribution >= 0.6 is 0 Å². The fourth-order valence-corrected chi connectivity index (χ4v) is 4.68. The van der Waals surface area contributed by atoms with E-state index in [1.807, 2.05) is 0 Å². The SMILES string of the molecule is O=C1NCC2(CC3CCC(C2)N3)N2CCC[C@@H]12. The van der Waals surface area contributed by atoms with Gasteiger partial charge in [0.25, 0.3) is 0 Å². The zero-order valence-corrected chi connectivity index (χ0v) is 10.2. The molecule has 4 nitrogen and oxygen atoms in total. The molecule has 4 heteroatoms. The van der Waals surface area contributed by atoms with Crippen molar-refractivity contribution in [2.45, 2.75) is 62.2 Å². The van der Waals surface area contributed by atoms with Gasteiger partial charge in [0.1, 0.15) is 0 Å². The van der Waals surface area contributed by atoms with Crippen LogP contribution in [-0.4, -0.2) is 47.6 Å². The van der Waals surface area contributed by atoms with E-state index in [1.165, 1.54) is 32.1 Å². The molecule has 94 valence electrons. The molecule has 0 aromatic carbocycles. The summed E-state index contributed by atoms with van der Waals surface area (Å²) >= 11 is 0. The zero-order valence-electron chi connectivity index (χ0n) is 10.2. The Hall–Kier alpha value is -0.610. The molecule has 4 heterocycles. The minimum atomic E-state index is 0.182. The number of carbonyl (C=O) groups excluding carboxylic acids is 1. The van der Waals surface area contributed by atoms with Gasteiger partial charge in [-0.1, -0.05) is 0 Å². The summed E-state index contributed by atoms with van der Waals surface area (Å²) in [6, 6.07) is 1.58. The van der Waals surface area contributed by atoms with Crippen molar-refractivity contribution in [3.8, 4) is 0 Å². The van der Waals surface area contributed by atoms with Crippen LogP contribution in [0.25, 0.3) is 0 Å². The molecule has 3 atom stereocenters. The van der Waals surface area contributed by atoms with Crippen molar-refractivity contribution in [1.82, 2.24) is 15.5 Å². The first-order valence-corrected chi connectivity index (χ1v) is 7.07. The van der Waals surface area contributed by atoms with Crippen molar-refractivity contribution in [2.75, 3.05) is 13.1 Å². The van der Waals surface area contributed by atoms with Gasteiger partial charge in [-0.2, -0.15) is 0 Å². The van der Waals surface area contributed by atoms with E-state index >= 15 is 0 Å². The van der Waals surface area contributed by atoms with E-state index in [0.29, 0.717) is 12.1 Å². The van der Waals surface area contributed by atoms with Crippen molar-refractivity contribution in [3.63, 3.8) is 0 Å². The lowest BCUT2D eigenvalue weighted by Gasteiger charge is -2.52. The third-order valence-corrected chi connectivity index (χ3v) is 5.34. The molecular weight excluding hydrogens is 214 g/mol. The fourth-order valence-electron chi connectivity index (χ4n) is 4.68. The first-order chi connectivity index (χ1) is 8.27. The zero-order chi connectivity index (χ0) is 11.5. The van der Waals surface area contributed by atoms with Crippen molar-refractivity contribution in [3.05, 3.63) is 0 Å². The molecule has 4 fully saturated rings. The van der Waals surface area contributed by atoms with Crippen LogP contribution in [0.4, 0.5) is 0 Å². The van der Waals surface area contributed by atoms with E-state index in [0.717, 1.165) is 19.5 Å². The summed E-state index contributed by atoms with van der Waals surface area (Å²) in [4.78, 5) is 14.5. The molecule has 4 saturated heterocycles. The summed E-state index contributed by atoms with van der Waals surface area (Å²) in [6.07, 6.45) is 7.40.